The summed E-state index contributed by atoms with van der Waals surface area (Å²) in [4.78, 5) is 23.3. The number of phenolic OH excluding ortho intramolecular Hbond substituents is 1. The number of carboxylic acid groups (broad SMARTS) is 1. The van der Waals surface area contributed by atoms with Crippen molar-refractivity contribution < 1.29 is 15.0 Å². The van der Waals surface area contributed by atoms with Crippen molar-refractivity contribution in [1.29, 1.82) is 0 Å². The molecule has 0 saturated carbocycles. The van der Waals surface area contributed by atoms with Gasteiger partial charge in [-0.3, -0.25) is 4.90 Å². The zero-order valence-corrected chi connectivity index (χ0v) is 13.6. The molecule has 126 valence electrons. The van der Waals surface area contributed by atoms with E-state index in [-0.39, 0.29) is 11.3 Å². The number of phenols is 1. The molecular weight excluding hydrogens is 332 g/mol. The molecule has 2 N–H and O–H groups in total. The van der Waals surface area contributed by atoms with E-state index in [1.54, 1.807) is 18.2 Å². The average Bonchev–Trinajstić information content (AvgIpc) is 2.59. The van der Waals surface area contributed by atoms with E-state index >= 15 is 0 Å². The molecule has 0 spiro atoms. The Morgan fingerprint density at radius 3 is 2.46 bits per heavy atom. The molecule has 0 unspecified atom stereocenters. The highest BCUT2D eigenvalue weighted by Crippen LogP contribution is 2.23. The lowest BCUT2D eigenvalue weighted by molar-refractivity contribution is 0.0696. The quantitative estimate of drug-likeness (QED) is 0.871. The van der Waals surface area contributed by atoms with Gasteiger partial charge in [0.15, 0.2) is 0 Å². The van der Waals surface area contributed by atoms with Crippen LogP contribution >= 0.6 is 11.6 Å². The van der Waals surface area contributed by atoms with Crippen molar-refractivity contribution in [3.63, 3.8) is 0 Å². The van der Waals surface area contributed by atoms with Gasteiger partial charge in [0.25, 0.3) is 0 Å². The van der Waals surface area contributed by atoms with Crippen LogP contribution in [0, 0.1) is 0 Å². The van der Waals surface area contributed by atoms with Crippen LogP contribution in [0.15, 0.2) is 30.6 Å². The van der Waals surface area contributed by atoms with Gasteiger partial charge in [0.1, 0.15) is 5.75 Å². The van der Waals surface area contributed by atoms with Gasteiger partial charge in [0.2, 0.25) is 5.95 Å². The summed E-state index contributed by atoms with van der Waals surface area (Å²) in [6.07, 6.45) is 2.65. The molecule has 1 saturated heterocycles. The van der Waals surface area contributed by atoms with E-state index in [1.807, 2.05) is 4.90 Å². The molecule has 1 aromatic heterocycles. The van der Waals surface area contributed by atoms with Gasteiger partial charge < -0.3 is 15.1 Å². The number of rotatable bonds is 4. The summed E-state index contributed by atoms with van der Waals surface area (Å²) in [6.45, 7) is 3.75. The highest BCUT2D eigenvalue weighted by molar-refractivity contribution is 6.31. The lowest BCUT2D eigenvalue weighted by Gasteiger charge is -2.34. The Labute approximate surface area is 144 Å². The molecule has 0 aliphatic carbocycles. The van der Waals surface area contributed by atoms with Crippen molar-refractivity contribution in [3.05, 3.63) is 46.7 Å². The van der Waals surface area contributed by atoms with Crippen molar-refractivity contribution >= 4 is 23.5 Å². The zero-order valence-electron chi connectivity index (χ0n) is 12.9. The van der Waals surface area contributed by atoms with E-state index in [9.17, 15) is 9.90 Å². The third kappa shape index (κ3) is 3.74. The topological polar surface area (TPSA) is 89.8 Å². The molecule has 2 heterocycles. The van der Waals surface area contributed by atoms with Crippen LogP contribution in [-0.2, 0) is 6.54 Å². The molecule has 1 aliphatic heterocycles. The standard InChI is InChI=1S/C16H17ClN4O3/c17-14-2-1-13(22)7-11(14)10-20-3-5-21(6-4-20)16-18-8-12(9-19-16)15(23)24/h1-2,7-9,22H,3-6,10H2,(H,23,24). The van der Waals surface area contributed by atoms with Crippen LogP contribution in [0.2, 0.25) is 5.02 Å². The summed E-state index contributed by atoms with van der Waals surface area (Å²) in [5, 5.41) is 19.1. The minimum Gasteiger partial charge on any atom is -0.508 e. The lowest BCUT2D eigenvalue weighted by Crippen LogP contribution is -2.46. The molecule has 1 fully saturated rings. The number of aromatic carboxylic acids is 1. The van der Waals surface area contributed by atoms with Gasteiger partial charge in [0.05, 0.1) is 5.56 Å². The van der Waals surface area contributed by atoms with E-state index in [2.05, 4.69) is 14.9 Å². The maximum atomic E-state index is 10.8. The van der Waals surface area contributed by atoms with Crippen molar-refractivity contribution in [2.45, 2.75) is 6.54 Å². The van der Waals surface area contributed by atoms with Crippen molar-refractivity contribution in [1.82, 2.24) is 14.9 Å². The van der Waals surface area contributed by atoms with E-state index in [0.717, 1.165) is 31.7 Å². The number of anilines is 1. The fourth-order valence-electron chi connectivity index (χ4n) is 2.62. The number of hydrogen-bond acceptors (Lipinski definition) is 6. The molecule has 24 heavy (non-hydrogen) atoms. The van der Waals surface area contributed by atoms with Gasteiger partial charge in [0, 0.05) is 50.1 Å². The van der Waals surface area contributed by atoms with Crippen LogP contribution in [0.1, 0.15) is 15.9 Å². The largest absolute Gasteiger partial charge is 0.508 e. The number of benzene rings is 1. The predicted molar refractivity (Wildman–Crippen MR) is 89.6 cm³/mol. The fraction of sp³-hybridized carbons (Fsp3) is 0.312. The number of nitrogens with zero attached hydrogens (tertiary/aromatic N) is 4. The lowest BCUT2D eigenvalue weighted by atomic mass is 10.2. The summed E-state index contributed by atoms with van der Waals surface area (Å²) in [7, 11) is 0. The summed E-state index contributed by atoms with van der Waals surface area (Å²) >= 11 is 6.16. The maximum absolute atomic E-state index is 10.8. The molecule has 3 rings (SSSR count). The molecule has 0 atom stereocenters. The van der Waals surface area contributed by atoms with Crippen molar-refractivity contribution in [2.75, 3.05) is 31.1 Å². The van der Waals surface area contributed by atoms with E-state index in [4.69, 9.17) is 16.7 Å². The molecule has 0 radical (unpaired) electrons. The molecule has 0 bridgehead atoms. The number of aromatic hydroxyl groups is 1. The summed E-state index contributed by atoms with van der Waals surface area (Å²) < 4.78 is 0. The number of aromatic nitrogens is 2. The van der Waals surface area contributed by atoms with Gasteiger partial charge >= 0.3 is 5.97 Å². The van der Waals surface area contributed by atoms with Crippen LogP contribution in [0.5, 0.6) is 5.75 Å². The first-order valence-electron chi connectivity index (χ1n) is 7.53. The first kappa shape index (κ1) is 16.5. The van der Waals surface area contributed by atoms with Crippen LogP contribution in [0.4, 0.5) is 5.95 Å². The van der Waals surface area contributed by atoms with Gasteiger partial charge in [-0.05, 0) is 23.8 Å². The monoisotopic (exact) mass is 348 g/mol. The Hall–Kier alpha value is -2.38. The summed E-state index contributed by atoms with van der Waals surface area (Å²) in [6, 6.07) is 4.95. The number of hydrogen-bond donors (Lipinski definition) is 2. The van der Waals surface area contributed by atoms with Crippen LogP contribution < -0.4 is 4.90 Å². The van der Waals surface area contributed by atoms with Crippen LogP contribution in [0.3, 0.4) is 0 Å². The minimum absolute atomic E-state index is 0.0795. The predicted octanol–water partition coefficient (Wildman–Crippen LogP) is 1.86. The summed E-state index contributed by atoms with van der Waals surface area (Å²) in [5.74, 6) is -0.288. The second-order valence-electron chi connectivity index (χ2n) is 5.62. The normalized spacial score (nSPS) is 15.5. The van der Waals surface area contributed by atoms with Crippen molar-refractivity contribution in [2.24, 2.45) is 0 Å². The zero-order chi connectivity index (χ0) is 17.1. The van der Waals surface area contributed by atoms with Gasteiger partial charge in [-0.15, -0.1) is 0 Å². The number of halogens is 1. The molecule has 2 aromatic rings. The summed E-state index contributed by atoms with van der Waals surface area (Å²) in [5.41, 5.74) is 0.975. The number of carboxylic acids is 1. The van der Waals surface area contributed by atoms with Gasteiger partial charge in [-0.1, -0.05) is 11.6 Å². The number of carbonyl (C=O) groups is 1. The molecular formula is C16H17ClN4O3. The first-order chi connectivity index (χ1) is 11.5. The molecule has 1 aromatic carbocycles. The highest BCUT2D eigenvalue weighted by atomic mass is 35.5. The van der Waals surface area contributed by atoms with E-state index in [0.29, 0.717) is 17.5 Å². The Morgan fingerprint density at radius 1 is 1.17 bits per heavy atom. The Bertz CT molecular complexity index is 731. The average molecular weight is 349 g/mol. The SMILES string of the molecule is O=C(O)c1cnc(N2CCN(Cc3cc(O)ccc3Cl)CC2)nc1. The van der Waals surface area contributed by atoms with Gasteiger partial charge in [-0.2, -0.15) is 0 Å². The smallest absolute Gasteiger partial charge is 0.338 e. The molecule has 8 heteroatoms. The minimum atomic E-state index is -1.03. The second-order valence-corrected chi connectivity index (χ2v) is 6.02. The van der Waals surface area contributed by atoms with Crippen LogP contribution in [0.25, 0.3) is 0 Å². The van der Waals surface area contributed by atoms with Gasteiger partial charge in [-0.25, -0.2) is 14.8 Å². The van der Waals surface area contributed by atoms with E-state index < -0.39 is 5.97 Å². The Morgan fingerprint density at radius 2 is 1.83 bits per heavy atom. The third-order valence-corrected chi connectivity index (χ3v) is 4.33. The molecule has 7 nitrogen and oxygen atoms in total. The maximum Gasteiger partial charge on any atom is 0.338 e. The van der Waals surface area contributed by atoms with E-state index in [1.165, 1.54) is 12.4 Å². The highest BCUT2D eigenvalue weighted by Gasteiger charge is 2.20. The van der Waals surface area contributed by atoms with Crippen molar-refractivity contribution in [3.8, 4) is 5.75 Å². The molecule has 0 amide bonds. The Balaban J connectivity index is 1.59. The first-order valence-corrected chi connectivity index (χ1v) is 7.91. The molecule has 1 aliphatic rings. The number of piperazine rings is 1. The third-order valence-electron chi connectivity index (χ3n) is 3.96. The van der Waals surface area contributed by atoms with Crippen LogP contribution in [-0.4, -0.2) is 57.2 Å². The Kier molecular flexibility index (Phi) is 4.82. The fourth-order valence-corrected chi connectivity index (χ4v) is 2.80. The second kappa shape index (κ2) is 7.02.